The Balaban J connectivity index is 0.00000306. The predicted octanol–water partition coefficient (Wildman–Crippen LogP) is 4.23. The Bertz CT molecular complexity index is 912. The van der Waals surface area contributed by atoms with Crippen LogP contribution in [0.5, 0.6) is 0 Å². The molecule has 2 heterocycles. The lowest BCUT2D eigenvalue weighted by Gasteiger charge is -2.38. The lowest BCUT2D eigenvalue weighted by molar-refractivity contribution is -0.117. The van der Waals surface area contributed by atoms with Gasteiger partial charge in [-0.3, -0.25) is 4.79 Å². The number of rotatable bonds is 7. The average Bonchev–Trinajstić information content (AvgIpc) is 3.28. The number of guanidine groups is 1. The molecule has 2 saturated heterocycles. The number of amides is 1. The molecule has 2 aliphatic rings. The van der Waals surface area contributed by atoms with Gasteiger partial charge in [0.15, 0.2) is 5.96 Å². The molecule has 2 fully saturated rings. The van der Waals surface area contributed by atoms with Crippen LogP contribution in [0.3, 0.4) is 0 Å². The van der Waals surface area contributed by atoms with Crippen LogP contribution in [-0.4, -0.2) is 44.7 Å². The largest absolute Gasteiger partial charge is 0.381 e. The molecule has 1 amide bonds. The number of hydrogen-bond donors (Lipinski definition) is 2. The summed E-state index contributed by atoms with van der Waals surface area (Å²) >= 11 is 0. The molecule has 0 bridgehead atoms. The molecule has 2 aromatic rings. The van der Waals surface area contributed by atoms with Gasteiger partial charge in [-0.15, -0.1) is 24.0 Å². The summed E-state index contributed by atoms with van der Waals surface area (Å²) in [6.07, 6.45) is 3.60. The van der Waals surface area contributed by atoms with Crippen molar-refractivity contribution in [2.24, 2.45) is 4.99 Å². The number of nitrogens with one attached hydrogen (secondary N) is 2. The topological polar surface area (TPSA) is 66.0 Å². The SMILES string of the molecule is CCNC(=NCc1ccc(N2CCCC2=O)cc1)NCC1(c2ccccc2)CCOCC1.I. The Morgan fingerprint density at radius 2 is 1.79 bits per heavy atom. The van der Waals surface area contributed by atoms with Crippen LogP contribution in [0.25, 0.3) is 0 Å². The number of carbonyl (C=O) groups is 1. The first-order chi connectivity index (χ1) is 15.7. The lowest BCUT2D eigenvalue weighted by Crippen LogP contribution is -2.48. The van der Waals surface area contributed by atoms with Crippen molar-refractivity contribution < 1.29 is 9.53 Å². The summed E-state index contributed by atoms with van der Waals surface area (Å²) in [7, 11) is 0. The summed E-state index contributed by atoms with van der Waals surface area (Å²) < 4.78 is 5.66. The first-order valence-electron chi connectivity index (χ1n) is 11.7. The number of anilines is 1. The Hall–Kier alpha value is -2.13. The maximum Gasteiger partial charge on any atom is 0.227 e. The molecular weight excluding hydrogens is 527 g/mol. The zero-order valence-electron chi connectivity index (χ0n) is 19.4. The van der Waals surface area contributed by atoms with Crippen LogP contribution in [-0.2, 0) is 21.5 Å². The molecule has 0 radical (unpaired) electrons. The van der Waals surface area contributed by atoms with Crippen molar-refractivity contribution in [2.75, 3.05) is 37.7 Å². The van der Waals surface area contributed by atoms with Gasteiger partial charge in [-0.25, -0.2) is 4.99 Å². The number of aliphatic imine (C=N–C) groups is 1. The zero-order chi connectivity index (χ0) is 22.2. The van der Waals surface area contributed by atoms with Gasteiger partial charge in [0.2, 0.25) is 5.91 Å². The highest BCUT2D eigenvalue weighted by molar-refractivity contribution is 14.0. The Labute approximate surface area is 214 Å². The van der Waals surface area contributed by atoms with Gasteiger partial charge in [0.05, 0.1) is 6.54 Å². The minimum absolute atomic E-state index is 0. The second kappa shape index (κ2) is 12.4. The number of hydrogen-bond acceptors (Lipinski definition) is 3. The van der Waals surface area contributed by atoms with Crippen molar-refractivity contribution in [3.63, 3.8) is 0 Å². The van der Waals surface area contributed by atoms with E-state index >= 15 is 0 Å². The third-order valence-corrected chi connectivity index (χ3v) is 6.52. The van der Waals surface area contributed by atoms with E-state index in [0.717, 1.165) is 69.3 Å². The van der Waals surface area contributed by atoms with E-state index in [9.17, 15) is 4.79 Å². The fourth-order valence-electron chi connectivity index (χ4n) is 4.59. The molecule has 0 aromatic heterocycles. The van der Waals surface area contributed by atoms with Crippen LogP contribution in [0.4, 0.5) is 5.69 Å². The van der Waals surface area contributed by atoms with E-state index in [1.807, 2.05) is 17.0 Å². The van der Waals surface area contributed by atoms with Gasteiger partial charge >= 0.3 is 0 Å². The van der Waals surface area contributed by atoms with Crippen molar-refractivity contribution in [1.82, 2.24) is 10.6 Å². The summed E-state index contributed by atoms with van der Waals surface area (Å²) in [4.78, 5) is 18.6. The van der Waals surface area contributed by atoms with Crippen LogP contribution in [0, 0.1) is 0 Å². The molecule has 2 aliphatic heterocycles. The predicted molar refractivity (Wildman–Crippen MR) is 144 cm³/mol. The smallest absolute Gasteiger partial charge is 0.227 e. The molecule has 178 valence electrons. The average molecular weight is 562 g/mol. The van der Waals surface area contributed by atoms with E-state index in [4.69, 9.17) is 9.73 Å². The molecule has 4 rings (SSSR count). The van der Waals surface area contributed by atoms with Gasteiger partial charge in [-0.1, -0.05) is 42.5 Å². The Morgan fingerprint density at radius 3 is 2.42 bits per heavy atom. The van der Waals surface area contributed by atoms with Gasteiger partial charge in [0, 0.05) is 50.4 Å². The first kappa shape index (κ1) is 25.5. The fraction of sp³-hybridized carbons (Fsp3) is 0.462. The Kier molecular flexibility index (Phi) is 9.55. The lowest BCUT2D eigenvalue weighted by atomic mass is 9.74. The van der Waals surface area contributed by atoms with E-state index in [1.54, 1.807) is 0 Å². The number of ether oxygens (including phenoxy) is 1. The number of halogens is 1. The molecule has 0 aliphatic carbocycles. The van der Waals surface area contributed by atoms with E-state index in [1.165, 1.54) is 5.56 Å². The maximum atomic E-state index is 12.0. The first-order valence-corrected chi connectivity index (χ1v) is 11.7. The highest BCUT2D eigenvalue weighted by atomic mass is 127. The van der Waals surface area contributed by atoms with Crippen molar-refractivity contribution in [2.45, 2.75) is 44.6 Å². The molecule has 33 heavy (non-hydrogen) atoms. The van der Waals surface area contributed by atoms with Crippen molar-refractivity contribution in [3.8, 4) is 0 Å². The van der Waals surface area contributed by atoms with Crippen LogP contribution in [0.15, 0.2) is 59.6 Å². The summed E-state index contributed by atoms with van der Waals surface area (Å²) in [5.41, 5.74) is 3.52. The van der Waals surface area contributed by atoms with E-state index in [2.05, 4.69) is 60.0 Å². The van der Waals surface area contributed by atoms with Crippen molar-refractivity contribution in [3.05, 3.63) is 65.7 Å². The number of carbonyl (C=O) groups excluding carboxylic acids is 1. The fourth-order valence-corrected chi connectivity index (χ4v) is 4.59. The van der Waals surface area contributed by atoms with Gasteiger partial charge in [-0.2, -0.15) is 0 Å². The normalized spacial score (nSPS) is 18.0. The van der Waals surface area contributed by atoms with Gasteiger partial charge in [0.25, 0.3) is 0 Å². The molecule has 7 heteroatoms. The molecular formula is C26H35IN4O2. The van der Waals surface area contributed by atoms with Crippen LogP contribution in [0.1, 0.15) is 43.7 Å². The second-order valence-electron chi connectivity index (χ2n) is 8.62. The molecule has 6 nitrogen and oxygen atoms in total. The molecule has 0 saturated carbocycles. The maximum absolute atomic E-state index is 12.0. The van der Waals surface area contributed by atoms with Crippen molar-refractivity contribution in [1.29, 1.82) is 0 Å². The van der Waals surface area contributed by atoms with E-state index < -0.39 is 0 Å². The van der Waals surface area contributed by atoms with E-state index in [0.29, 0.717) is 13.0 Å². The summed E-state index contributed by atoms with van der Waals surface area (Å²) in [6.45, 7) is 6.70. The highest BCUT2D eigenvalue weighted by Crippen LogP contribution is 2.34. The molecule has 2 aromatic carbocycles. The summed E-state index contributed by atoms with van der Waals surface area (Å²) in [6, 6.07) is 18.9. The number of nitrogens with zero attached hydrogens (tertiary/aromatic N) is 2. The summed E-state index contributed by atoms with van der Waals surface area (Å²) in [5, 5.41) is 6.97. The minimum Gasteiger partial charge on any atom is -0.381 e. The summed E-state index contributed by atoms with van der Waals surface area (Å²) in [5.74, 6) is 1.04. The number of benzene rings is 2. The van der Waals surface area contributed by atoms with Gasteiger partial charge < -0.3 is 20.3 Å². The van der Waals surface area contributed by atoms with E-state index in [-0.39, 0.29) is 35.3 Å². The van der Waals surface area contributed by atoms with Gasteiger partial charge in [-0.05, 0) is 49.4 Å². The minimum atomic E-state index is 0. The molecule has 0 spiro atoms. The third-order valence-electron chi connectivity index (χ3n) is 6.52. The van der Waals surface area contributed by atoms with Gasteiger partial charge in [0.1, 0.15) is 0 Å². The second-order valence-corrected chi connectivity index (χ2v) is 8.62. The molecule has 0 unspecified atom stereocenters. The van der Waals surface area contributed by atoms with Crippen molar-refractivity contribution >= 4 is 41.5 Å². The van der Waals surface area contributed by atoms with Crippen LogP contribution < -0.4 is 15.5 Å². The van der Waals surface area contributed by atoms with Crippen LogP contribution >= 0.6 is 24.0 Å². The Morgan fingerprint density at radius 1 is 1.06 bits per heavy atom. The quantitative estimate of drug-likeness (QED) is 0.301. The monoisotopic (exact) mass is 562 g/mol. The zero-order valence-corrected chi connectivity index (χ0v) is 21.7. The highest BCUT2D eigenvalue weighted by Gasteiger charge is 2.34. The molecule has 2 N–H and O–H groups in total. The van der Waals surface area contributed by atoms with Crippen LogP contribution in [0.2, 0.25) is 0 Å². The third kappa shape index (κ3) is 6.47. The molecule has 0 atom stereocenters. The standard InChI is InChI=1S/C26H34N4O2.HI/c1-2-27-25(28-19-21-10-12-23(13-11-21)30-16-6-9-24(30)31)29-20-26(14-17-32-18-15-26)22-7-4-3-5-8-22;/h3-5,7-8,10-13H,2,6,9,14-20H2,1H3,(H2,27,28,29);1H.